The van der Waals surface area contributed by atoms with Crippen LogP contribution in [0.15, 0.2) is 46.3 Å². The van der Waals surface area contributed by atoms with E-state index in [-0.39, 0.29) is 17.8 Å². The Morgan fingerprint density at radius 1 is 1.48 bits per heavy atom. The first kappa shape index (κ1) is 18.3. The Morgan fingerprint density at radius 2 is 2.32 bits per heavy atom. The number of thiophene rings is 1. The first-order chi connectivity index (χ1) is 12.0. The van der Waals surface area contributed by atoms with Gasteiger partial charge in [-0.15, -0.1) is 11.3 Å². The molecule has 6 heteroatoms. The summed E-state index contributed by atoms with van der Waals surface area (Å²) in [5, 5.41) is 12.3. The minimum Gasteiger partial charge on any atom is -0.387 e. The number of carbonyl (C=O) groups excluding carboxylic acids is 1. The van der Waals surface area contributed by atoms with E-state index in [4.69, 9.17) is 0 Å². The lowest BCUT2D eigenvalue weighted by Gasteiger charge is -2.25. The number of nitrogens with zero attached hydrogens (tertiary/aromatic N) is 1. The van der Waals surface area contributed by atoms with E-state index in [0.717, 1.165) is 22.2 Å². The third-order valence-electron chi connectivity index (χ3n) is 4.39. The maximum atomic E-state index is 13.8. The van der Waals surface area contributed by atoms with Gasteiger partial charge in [0.15, 0.2) is 0 Å². The zero-order chi connectivity index (χ0) is 17.8. The molecule has 2 heterocycles. The normalized spacial score (nSPS) is 18.8. The van der Waals surface area contributed by atoms with Crippen molar-refractivity contribution in [3.8, 4) is 0 Å². The standard InChI is InChI=1S/C19H19BrFNO2S/c20-14-6-7-16(21)13(11-14)5-8-19(24)22-9-1-3-15(22)12-17(23)18-4-2-10-25-18/h2,4-8,10-11,15,17,23H,1,3,9,12H2/b8-5+. The first-order valence-electron chi connectivity index (χ1n) is 8.20. The molecule has 2 aromatic rings. The first-order valence-corrected chi connectivity index (χ1v) is 9.87. The molecule has 25 heavy (non-hydrogen) atoms. The average Bonchev–Trinajstić information content (AvgIpc) is 3.27. The van der Waals surface area contributed by atoms with Gasteiger partial charge in [-0.25, -0.2) is 4.39 Å². The second-order valence-corrected chi connectivity index (χ2v) is 7.99. The highest BCUT2D eigenvalue weighted by atomic mass is 79.9. The van der Waals surface area contributed by atoms with Gasteiger partial charge in [0.05, 0.1) is 6.10 Å². The smallest absolute Gasteiger partial charge is 0.246 e. The quantitative estimate of drug-likeness (QED) is 0.702. The van der Waals surface area contributed by atoms with Gasteiger partial charge in [0.25, 0.3) is 0 Å². The molecule has 3 nitrogen and oxygen atoms in total. The topological polar surface area (TPSA) is 40.5 Å². The van der Waals surface area contributed by atoms with Crippen LogP contribution in [0.4, 0.5) is 4.39 Å². The van der Waals surface area contributed by atoms with Gasteiger partial charge in [-0.1, -0.05) is 22.0 Å². The number of carbonyl (C=O) groups is 1. The second-order valence-electron chi connectivity index (χ2n) is 6.09. The van der Waals surface area contributed by atoms with Gasteiger partial charge >= 0.3 is 0 Å². The lowest BCUT2D eigenvalue weighted by Crippen LogP contribution is -2.35. The van der Waals surface area contributed by atoms with E-state index in [9.17, 15) is 14.3 Å². The Bertz CT molecular complexity index is 763. The molecule has 1 amide bonds. The molecule has 0 spiro atoms. The maximum absolute atomic E-state index is 13.8. The van der Waals surface area contributed by atoms with Crippen molar-refractivity contribution >= 4 is 39.2 Å². The van der Waals surface area contributed by atoms with Gasteiger partial charge in [0, 0.05) is 33.6 Å². The lowest BCUT2D eigenvalue weighted by atomic mass is 10.1. The number of aliphatic hydroxyl groups is 1. The summed E-state index contributed by atoms with van der Waals surface area (Å²) < 4.78 is 14.5. The zero-order valence-corrected chi connectivity index (χ0v) is 16.0. The van der Waals surface area contributed by atoms with Crippen molar-refractivity contribution in [2.75, 3.05) is 6.54 Å². The summed E-state index contributed by atoms with van der Waals surface area (Å²) in [4.78, 5) is 15.2. The monoisotopic (exact) mass is 423 g/mol. The molecule has 1 aromatic heterocycles. The molecule has 2 unspecified atom stereocenters. The number of amides is 1. The molecule has 1 aliphatic rings. The number of halogens is 2. The third-order valence-corrected chi connectivity index (χ3v) is 5.86. The summed E-state index contributed by atoms with van der Waals surface area (Å²) in [6.07, 6.45) is 4.71. The van der Waals surface area contributed by atoms with E-state index >= 15 is 0 Å². The number of likely N-dealkylation sites (tertiary alicyclic amines) is 1. The fourth-order valence-electron chi connectivity index (χ4n) is 3.12. The number of rotatable bonds is 5. The van der Waals surface area contributed by atoms with Crippen molar-refractivity contribution < 1.29 is 14.3 Å². The van der Waals surface area contributed by atoms with Crippen LogP contribution in [-0.4, -0.2) is 28.5 Å². The number of hydrogen-bond acceptors (Lipinski definition) is 3. The summed E-state index contributed by atoms with van der Waals surface area (Å²) in [6, 6.07) is 8.46. The molecule has 3 rings (SSSR count). The predicted molar refractivity (Wildman–Crippen MR) is 102 cm³/mol. The fourth-order valence-corrected chi connectivity index (χ4v) is 4.23. The Kier molecular flexibility index (Phi) is 6.04. The van der Waals surface area contributed by atoms with Gasteiger partial charge in [-0.2, -0.15) is 0 Å². The van der Waals surface area contributed by atoms with E-state index in [1.165, 1.54) is 29.6 Å². The predicted octanol–water partition coefficient (Wildman–Crippen LogP) is 4.78. The van der Waals surface area contributed by atoms with Crippen LogP contribution in [-0.2, 0) is 4.79 Å². The molecule has 1 aromatic carbocycles. The van der Waals surface area contributed by atoms with Crippen molar-refractivity contribution in [3.05, 3.63) is 62.5 Å². The van der Waals surface area contributed by atoms with E-state index in [1.807, 2.05) is 17.5 Å². The highest BCUT2D eigenvalue weighted by molar-refractivity contribution is 9.10. The van der Waals surface area contributed by atoms with Crippen molar-refractivity contribution in [2.24, 2.45) is 0 Å². The van der Waals surface area contributed by atoms with E-state index < -0.39 is 6.10 Å². The highest BCUT2D eigenvalue weighted by Gasteiger charge is 2.29. The molecule has 0 radical (unpaired) electrons. The van der Waals surface area contributed by atoms with Gasteiger partial charge in [0.1, 0.15) is 5.82 Å². The minimum atomic E-state index is -0.551. The molecule has 1 aliphatic heterocycles. The van der Waals surface area contributed by atoms with Crippen LogP contribution in [0.5, 0.6) is 0 Å². The van der Waals surface area contributed by atoms with Crippen molar-refractivity contribution in [3.63, 3.8) is 0 Å². The third kappa shape index (κ3) is 4.57. The summed E-state index contributed by atoms with van der Waals surface area (Å²) in [5.41, 5.74) is 0.372. The van der Waals surface area contributed by atoms with Gasteiger partial charge in [-0.05, 0) is 55.0 Å². The molecule has 0 saturated carbocycles. The zero-order valence-electron chi connectivity index (χ0n) is 13.6. The molecule has 0 aliphatic carbocycles. The van der Waals surface area contributed by atoms with Gasteiger partial charge in [0.2, 0.25) is 5.91 Å². The Morgan fingerprint density at radius 3 is 3.08 bits per heavy atom. The van der Waals surface area contributed by atoms with Crippen LogP contribution in [0.25, 0.3) is 6.08 Å². The number of benzene rings is 1. The molecular weight excluding hydrogens is 405 g/mol. The van der Waals surface area contributed by atoms with Crippen LogP contribution in [0, 0.1) is 5.82 Å². The molecular formula is C19H19BrFNO2S. The largest absolute Gasteiger partial charge is 0.387 e. The van der Waals surface area contributed by atoms with Gasteiger partial charge < -0.3 is 10.0 Å². The van der Waals surface area contributed by atoms with Crippen molar-refractivity contribution in [1.82, 2.24) is 4.90 Å². The van der Waals surface area contributed by atoms with E-state index in [2.05, 4.69) is 15.9 Å². The van der Waals surface area contributed by atoms with Crippen molar-refractivity contribution in [2.45, 2.75) is 31.4 Å². The Labute approximate surface area is 158 Å². The summed E-state index contributed by atoms with van der Waals surface area (Å²) >= 11 is 4.82. The van der Waals surface area contributed by atoms with E-state index in [1.54, 1.807) is 17.0 Å². The number of aliphatic hydroxyl groups excluding tert-OH is 1. The van der Waals surface area contributed by atoms with E-state index in [0.29, 0.717) is 18.5 Å². The average molecular weight is 424 g/mol. The Balaban J connectivity index is 1.66. The molecule has 1 fully saturated rings. The highest BCUT2D eigenvalue weighted by Crippen LogP contribution is 2.29. The minimum absolute atomic E-state index is 0.0154. The van der Waals surface area contributed by atoms with Crippen molar-refractivity contribution in [1.29, 1.82) is 0 Å². The molecule has 132 valence electrons. The molecule has 1 N–H and O–H groups in total. The molecule has 0 bridgehead atoms. The van der Waals surface area contributed by atoms with Crippen LogP contribution >= 0.6 is 27.3 Å². The SMILES string of the molecule is O=C(/C=C/c1cc(Br)ccc1F)N1CCCC1CC(O)c1cccs1. The van der Waals surface area contributed by atoms with Gasteiger partial charge in [-0.3, -0.25) is 4.79 Å². The molecule has 2 atom stereocenters. The lowest BCUT2D eigenvalue weighted by molar-refractivity contribution is -0.127. The van der Waals surface area contributed by atoms with Crippen LogP contribution in [0.3, 0.4) is 0 Å². The van der Waals surface area contributed by atoms with Crippen LogP contribution in [0.2, 0.25) is 0 Å². The van der Waals surface area contributed by atoms with Crippen LogP contribution in [0.1, 0.15) is 35.8 Å². The summed E-state index contributed by atoms with van der Waals surface area (Å²) in [5.74, 6) is -0.501. The summed E-state index contributed by atoms with van der Waals surface area (Å²) in [7, 11) is 0. The van der Waals surface area contributed by atoms with Crippen LogP contribution < -0.4 is 0 Å². The second kappa shape index (κ2) is 8.25. The fraction of sp³-hybridized carbons (Fsp3) is 0.316. The summed E-state index contributed by atoms with van der Waals surface area (Å²) in [6.45, 7) is 0.673. The Hall–Kier alpha value is -1.50. The molecule has 1 saturated heterocycles. The number of hydrogen-bond donors (Lipinski definition) is 1. The maximum Gasteiger partial charge on any atom is 0.246 e.